The minimum atomic E-state index is -0.239. The summed E-state index contributed by atoms with van der Waals surface area (Å²) in [7, 11) is 0. The van der Waals surface area contributed by atoms with Crippen LogP contribution in [0.25, 0.3) is 11.3 Å². The van der Waals surface area contributed by atoms with Gasteiger partial charge in [0.2, 0.25) is 5.91 Å². The maximum absolute atomic E-state index is 13.3. The number of imidazole rings is 1. The van der Waals surface area contributed by atoms with Crippen LogP contribution in [0.2, 0.25) is 0 Å². The number of aromatic nitrogens is 3. The Bertz CT molecular complexity index is 871. The normalized spacial score (nSPS) is 10.8. The fraction of sp³-hybridized carbons (Fsp3) is 0.235. The summed E-state index contributed by atoms with van der Waals surface area (Å²) in [6, 6.07) is 4.86. The average Bonchev–Trinajstić information content (AvgIpc) is 3.17. The van der Waals surface area contributed by atoms with Crippen molar-refractivity contribution in [1.29, 1.82) is 0 Å². The van der Waals surface area contributed by atoms with Crippen LogP contribution in [-0.2, 0) is 11.3 Å². The lowest BCUT2D eigenvalue weighted by molar-refractivity contribution is -0.116. The topological polar surface area (TPSA) is 59.8 Å². The van der Waals surface area contributed by atoms with Crippen molar-refractivity contribution in [1.82, 2.24) is 14.5 Å². The van der Waals surface area contributed by atoms with Gasteiger partial charge in [-0.25, -0.2) is 14.4 Å². The number of hydrogen-bond acceptors (Lipinski definition) is 4. The van der Waals surface area contributed by atoms with Gasteiger partial charge in [0.25, 0.3) is 0 Å². The molecule has 0 spiro atoms. The Kier molecular flexibility index (Phi) is 4.71. The summed E-state index contributed by atoms with van der Waals surface area (Å²) >= 11 is 1.35. The molecule has 1 N–H and O–H groups in total. The molecule has 0 unspecified atom stereocenters. The molecule has 5 nitrogen and oxygen atoms in total. The molecule has 0 atom stereocenters. The predicted octanol–water partition coefficient (Wildman–Crippen LogP) is 3.79. The summed E-state index contributed by atoms with van der Waals surface area (Å²) in [5.41, 5.74) is 2.13. The molecule has 3 rings (SSSR count). The summed E-state index contributed by atoms with van der Waals surface area (Å²) in [5, 5.41) is 5.19. The van der Waals surface area contributed by atoms with E-state index in [1.165, 1.54) is 17.4 Å². The van der Waals surface area contributed by atoms with E-state index in [9.17, 15) is 9.18 Å². The number of halogens is 1. The number of anilines is 1. The monoisotopic (exact) mass is 344 g/mol. The molecule has 0 fully saturated rings. The van der Waals surface area contributed by atoms with E-state index >= 15 is 0 Å². The first-order chi connectivity index (χ1) is 11.5. The number of aryl methyl sites for hydroxylation is 3. The number of benzene rings is 1. The third-order valence-corrected chi connectivity index (χ3v) is 4.47. The van der Waals surface area contributed by atoms with Gasteiger partial charge in [0.1, 0.15) is 11.6 Å². The maximum Gasteiger partial charge on any atom is 0.227 e. The standard InChI is InChI=1S/C17H17FN4OS/c1-11-9-13(3-4-14(11)18)15-10-24-17(20-15)21-16(23)5-7-22-8-6-19-12(22)2/h3-4,6,8-10H,5,7H2,1-2H3,(H,20,21,23). The van der Waals surface area contributed by atoms with Crippen molar-refractivity contribution in [2.75, 3.05) is 5.32 Å². The lowest BCUT2D eigenvalue weighted by Crippen LogP contribution is -2.14. The summed E-state index contributed by atoms with van der Waals surface area (Å²) in [4.78, 5) is 20.6. The van der Waals surface area contributed by atoms with Gasteiger partial charge in [-0.2, -0.15) is 0 Å². The van der Waals surface area contributed by atoms with Crippen molar-refractivity contribution < 1.29 is 9.18 Å². The van der Waals surface area contributed by atoms with Gasteiger partial charge in [-0.05, 0) is 37.6 Å². The second-order valence-corrected chi connectivity index (χ2v) is 6.33. The van der Waals surface area contributed by atoms with E-state index in [0.29, 0.717) is 23.7 Å². The Hall–Kier alpha value is -2.54. The third kappa shape index (κ3) is 3.68. The van der Waals surface area contributed by atoms with Crippen molar-refractivity contribution in [3.05, 3.63) is 53.2 Å². The van der Waals surface area contributed by atoms with Gasteiger partial charge in [0.05, 0.1) is 5.69 Å². The average molecular weight is 344 g/mol. The Labute approximate surface area is 143 Å². The lowest BCUT2D eigenvalue weighted by atomic mass is 10.1. The van der Waals surface area contributed by atoms with Crippen molar-refractivity contribution in [2.45, 2.75) is 26.8 Å². The number of nitrogens with one attached hydrogen (secondary N) is 1. The first-order valence-electron chi connectivity index (χ1n) is 7.52. The predicted molar refractivity (Wildman–Crippen MR) is 92.5 cm³/mol. The summed E-state index contributed by atoms with van der Waals surface area (Å²) in [5.74, 6) is 0.544. The molecule has 0 aliphatic carbocycles. The Morgan fingerprint density at radius 2 is 2.21 bits per heavy atom. The number of carbonyl (C=O) groups excluding carboxylic acids is 1. The van der Waals surface area contributed by atoms with Gasteiger partial charge in [-0.3, -0.25) is 4.79 Å². The minimum Gasteiger partial charge on any atom is -0.335 e. The zero-order valence-corrected chi connectivity index (χ0v) is 14.2. The maximum atomic E-state index is 13.3. The number of hydrogen-bond donors (Lipinski definition) is 1. The molecule has 1 amide bonds. The SMILES string of the molecule is Cc1cc(-c2csc(NC(=O)CCn3ccnc3C)n2)ccc1F. The molecule has 0 bridgehead atoms. The third-order valence-electron chi connectivity index (χ3n) is 3.71. The molecule has 1 aromatic carbocycles. The van der Waals surface area contributed by atoms with Crippen LogP contribution >= 0.6 is 11.3 Å². The van der Waals surface area contributed by atoms with Crippen molar-refractivity contribution in [3.8, 4) is 11.3 Å². The summed E-state index contributed by atoms with van der Waals surface area (Å²) in [6.07, 6.45) is 3.91. The number of nitrogens with zero attached hydrogens (tertiary/aromatic N) is 3. The van der Waals surface area contributed by atoms with Gasteiger partial charge >= 0.3 is 0 Å². The Morgan fingerprint density at radius 1 is 1.38 bits per heavy atom. The van der Waals surface area contributed by atoms with Crippen LogP contribution in [0.4, 0.5) is 9.52 Å². The summed E-state index contributed by atoms with van der Waals surface area (Å²) < 4.78 is 15.3. The van der Waals surface area contributed by atoms with E-state index in [4.69, 9.17) is 0 Å². The molecule has 2 aromatic heterocycles. The molecule has 2 heterocycles. The van der Waals surface area contributed by atoms with Crippen LogP contribution in [0.3, 0.4) is 0 Å². The van der Waals surface area contributed by atoms with Crippen LogP contribution < -0.4 is 5.32 Å². The molecule has 3 aromatic rings. The van der Waals surface area contributed by atoms with Crippen LogP contribution in [0.5, 0.6) is 0 Å². The molecule has 24 heavy (non-hydrogen) atoms. The fourth-order valence-electron chi connectivity index (χ4n) is 2.31. The first-order valence-corrected chi connectivity index (χ1v) is 8.40. The highest BCUT2D eigenvalue weighted by atomic mass is 32.1. The highest BCUT2D eigenvalue weighted by Gasteiger charge is 2.10. The zero-order chi connectivity index (χ0) is 17.1. The molecular formula is C17H17FN4OS. The van der Waals surface area contributed by atoms with E-state index in [0.717, 1.165) is 17.1 Å². The highest BCUT2D eigenvalue weighted by molar-refractivity contribution is 7.14. The van der Waals surface area contributed by atoms with Gasteiger partial charge in [-0.15, -0.1) is 11.3 Å². The molecule has 0 aliphatic rings. The van der Waals surface area contributed by atoms with Crippen molar-refractivity contribution >= 4 is 22.4 Å². The van der Waals surface area contributed by atoms with Gasteiger partial charge in [0, 0.05) is 36.3 Å². The molecule has 0 saturated heterocycles. The highest BCUT2D eigenvalue weighted by Crippen LogP contribution is 2.26. The largest absolute Gasteiger partial charge is 0.335 e. The van der Waals surface area contributed by atoms with Gasteiger partial charge in [-0.1, -0.05) is 0 Å². The van der Waals surface area contributed by atoms with Crippen LogP contribution in [-0.4, -0.2) is 20.4 Å². The molecule has 124 valence electrons. The number of amides is 1. The number of carbonyl (C=O) groups is 1. The van der Waals surface area contributed by atoms with Gasteiger partial charge in [0.15, 0.2) is 5.13 Å². The number of rotatable bonds is 5. The van der Waals surface area contributed by atoms with Crippen molar-refractivity contribution in [2.24, 2.45) is 0 Å². The quantitative estimate of drug-likeness (QED) is 0.766. The molecule has 0 aliphatic heterocycles. The van der Waals surface area contributed by atoms with Crippen molar-refractivity contribution in [3.63, 3.8) is 0 Å². The van der Waals surface area contributed by atoms with Crippen LogP contribution in [0, 0.1) is 19.7 Å². The van der Waals surface area contributed by atoms with Crippen LogP contribution in [0.1, 0.15) is 17.8 Å². The second kappa shape index (κ2) is 6.92. The number of thiazole rings is 1. The second-order valence-electron chi connectivity index (χ2n) is 5.47. The minimum absolute atomic E-state index is 0.0979. The molecule has 0 saturated carbocycles. The Balaban J connectivity index is 1.62. The van der Waals surface area contributed by atoms with E-state index < -0.39 is 0 Å². The van der Waals surface area contributed by atoms with E-state index in [1.54, 1.807) is 25.3 Å². The molecule has 0 radical (unpaired) electrons. The van der Waals surface area contributed by atoms with E-state index in [-0.39, 0.29) is 11.7 Å². The fourth-order valence-corrected chi connectivity index (χ4v) is 3.05. The van der Waals surface area contributed by atoms with E-state index in [2.05, 4.69) is 15.3 Å². The van der Waals surface area contributed by atoms with Gasteiger partial charge < -0.3 is 9.88 Å². The molecule has 7 heteroatoms. The van der Waals surface area contributed by atoms with E-state index in [1.807, 2.05) is 23.1 Å². The first kappa shape index (κ1) is 16.3. The Morgan fingerprint density at radius 3 is 2.92 bits per heavy atom. The molecular weight excluding hydrogens is 327 g/mol. The van der Waals surface area contributed by atoms with Crippen LogP contribution in [0.15, 0.2) is 36.0 Å². The lowest BCUT2D eigenvalue weighted by Gasteiger charge is -2.04. The smallest absolute Gasteiger partial charge is 0.227 e. The summed E-state index contributed by atoms with van der Waals surface area (Å²) in [6.45, 7) is 4.19. The zero-order valence-electron chi connectivity index (χ0n) is 13.4.